The number of aliphatic hydroxyl groups is 1. The highest BCUT2D eigenvalue weighted by Crippen LogP contribution is 2.43. The molecule has 1 saturated heterocycles. The molecule has 8 nitrogen and oxygen atoms in total. The molecule has 1 fully saturated rings. The molecule has 1 amide bonds. The number of ketones is 1. The van der Waals surface area contributed by atoms with Crippen molar-refractivity contribution in [3.8, 4) is 17.2 Å². The number of amides is 1. The van der Waals surface area contributed by atoms with Gasteiger partial charge in [-0.1, -0.05) is 26.8 Å². The molecule has 0 aliphatic carbocycles. The van der Waals surface area contributed by atoms with Gasteiger partial charge in [-0.2, -0.15) is 0 Å². The van der Waals surface area contributed by atoms with Crippen LogP contribution in [0, 0.1) is 5.92 Å². The Morgan fingerprint density at radius 1 is 0.927 bits per heavy atom. The van der Waals surface area contributed by atoms with E-state index < -0.39 is 17.7 Å². The van der Waals surface area contributed by atoms with Gasteiger partial charge in [-0.15, -0.1) is 0 Å². The monoisotopic (exact) mass is 558 g/mol. The lowest BCUT2D eigenvalue weighted by Gasteiger charge is -2.26. The number of hydrogen-bond donors (Lipinski definition) is 1. The molecule has 1 N–H and O–H groups in total. The van der Waals surface area contributed by atoms with Crippen LogP contribution in [0.3, 0.4) is 0 Å². The number of carbonyl (C=O) groups excluding carboxylic acids is 2. The van der Waals surface area contributed by atoms with Crippen LogP contribution in [0.2, 0.25) is 0 Å². The predicted octanol–water partition coefficient (Wildman–Crippen LogP) is 6.32. The molecule has 8 heteroatoms. The summed E-state index contributed by atoms with van der Waals surface area (Å²) in [7, 11) is 0. The first-order valence-electron chi connectivity index (χ1n) is 14.1. The van der Waals surface area contributed by atoms with Gasteiger partial charge in [0, 0.05) is 24.5 Å². The van der Waals surface area contributed by atoms with Gasteiger partial charge in [0.05, 0.1) is 31.4 Å². The third kappa shape index (κ3) is 7.06. The Hall–Kier alpha value is -4.33. The molecular weight excluding hydrogens is 520 g/mol. The van der Waals surface area contributed by atoms with Crippen molar-refractivity contribution in [3.05, 3.63) is 89.3 Å². The fourth-order valence-corrected chi connectivity index (χ4v) is 4.65. The number of hydrogen-bond acceptors (Lipinski definition) is 7. The Morgan fingerprint density at radius 2 is 1.66 bits per heavy atom. The molecule has 0 radical (unpaired) electrons. The lowest BCUT2D eigenvalue weighted by molar-refractivity contribution is -0.140. The number of aliphatic hydroxyl groups excluding tert-OH is 1. The Morgan fingerprint density at radius 3 is 2.32 bits per heavy atom. The van der Waals surface area contributed by atoms with E-state index in [0.717, 1.165) is 18.4 Å². The van der Waals surface area contributed by atoms with Crippen LogP contribution >= 0.6 is 0 Å². The molecule has 2 aromatic carbocycles. The molecule has 1 atom stereocenters. The number of Topliss-reactive ketones (excluding diaryl/α,β-unsaturated/α-hetero) is 1. The molecule has 3 aromatic rings. The first-order valence-corrected chi connectivity index (χ1v) is 14.1. The van der Waals surface area contributed by atoms with Crippen molar-refractivity contribution >= 4 is 17.4 Å². The van der Waals surface area contributed by atoms with Gasteiger partial charge in [-0.25, -0.2) is 0 Å². The number of pyridine rings is 1. The lowest BCUT2D eigenvalue weighted by Crippen LogP contribution is -2.29. The molecule has 0 bridgehead atoms. The summed E-state index contributed by atoms with van der Waals surface area (Å²) in [5.41, 5.74) is 1.87. The smallest absolute Gasteiger partial charge is 0.295 e. The summed E-state index contributed by atoms with van der Waals surface area (Å²) in [5, 5.41) is 11.5. The lowest BCUT2D eigenvalue weighted by atomic mass is 9.94. The SMILES string of the molecule is CCCOc1ccc(C(O)=C2C(=O)C(=O)N(Cc3ccncc3)C2c2ccc(OCCC(C)C)c(OCC)c2)cc1. The van der Waals surface area contributed by atoms with Gasteiger partial charge in [0.25, 0.3) is 11.7 Å². The third-order valence-electron chi connectivity index (χ3n) is 6.78. The number of ether oxygens (including phenoxy) is 3. The van der Waals surface area contributed by atoms with Crippen LogP contribution in [0.15, 0.2) is 72.6 Å². The van der Waals surface area contributed by atoms with Crippen molar-refractivity contribution in [2.24, 2.45) is 5.92 Å². The minimum absolute atomic E-state index is 0.0159. The summed E-state index contributed by atoms with van der Waals surface area (Å²) in [6.07, 6.45) is 5.04. The van der Waals surface area contributed by atoms with Gasteiger partial charge in [0.2, 0.25) is 0 Å². The highest BCUT2D eigenvalue weighted by atomic mass is 16.5. The summed E-state index contributed by atoms with van der Waals surface area (Å²) < 4.78 is 17.6. The second-order valence-electron chi connectivity index (χ2n) is 10.3. The third-order valence-corrected chi connectivity index (χ3v) is 6.78. The summed E-state index contributed by atoms with van der Waals surface area (Å²) >= 11 is 0. The van der Waals surface area contributed by atoms with Crippen molar-refractivity contribution in [2.45, 2.75) is 53.1 Å². The maximum absolute atomic E-state index is 13.5. The molecule has 1 aliphatic rings. The van der Waals surface area contributed by atoms with Crippen molar-refractivity contribution < 1.29 is 28.9 Å². The van der Waals surface area contributed by atoms with E-state index in [1.165, 1.54) is 4.90 Å². The Kier molecular flexibility index (Phi) is 10.0. The van der Waals surface area contributed by atoms with Crippen LogP contribution in [-0.2, 0) is 16.1 Å². The standard InChI is InChI=1S/C33H38N2O6/c1-5-18-40-26-10-7-24(8-11-26)31(36)29-30(35(33(38)32(29)37)21-23-13-16-34-17-14-23)25-9-12-27(28(20-25)39-6-2)41-19-15-22(3)4/h7-14,16-17,20,22,30,36H,5-6,15,18-19,21H2,1-4H3. The molecule has 216 valence electrons. The van der Waals surface area contributed by atoms with E-state index in [1.54, 1.807) is 60.9 Å². The van der Waals surface area contributed by atoms with Crippen molar-refractivity contribution in [1.29, 1.82) is 0 Å². The molecule has 1 unspecified atom stereocenters. The van der Waals surface area contributed by atoms with E-state index in [4.69, 9.17) is 14.2 Å². The van der Waals surface area contributed by atoms with Gasteiger partial charge >= 0.3 is 0 Å². The normalized spacial score (nSPS) is 16.3. The highest BCUT2D eigenvalue weighted by molar-refractivity contribution is 6.46. The average Bonchev–Trinajstić information content (AvgIpc) is 3.22. The van der Waals surface area contributed by atoms with Gasteiger partial charge in [0.1, 0.15) is 11.5 Å². The number of rotatable bonds is 13. The van der Waals surface area contributed by atoms with Crippen LogP contribution in [0.1, 0.15) is 63.3 Å². The van der Waals surface area contributed by atoms with Crippen molar-refractivity contribution in [1.82, 2.24) is 9.88 Å². The van der Waals surface area contributed by atoms with Gasteiger partial charge < -0.3 is 24.2 Å². The molecule has 0 saturated carbocycles. The largest absolute Gasteiger partial charge is 0.507 e. The molecule has 4 rings (SSSR count). The maximum atomic E-state index is 13.5. The quantitative estimate of drug-likeness (QED) is 0.149. The zero-order valence-electron chi connectivity index (χ0n) is 24.1. The zero-order chi connectivity index (χ0) is 29.4. The van der Waals surface area contributed by atoms with Crippen LogP contribution < -0.4 is 14.2 Å². The summed E-state index contributed by atoms with van der Waals surface area (Å²) in [4.78, 5) is 32.5. The molecule has 41 heavy (non-hydrogen) atoms. The number of carbonyl (C=O) groups is 2. The maximum Gasteiger partial charge on any atom is 0.295 e. The van der Waals surface area contributed by atoms with Crippen LogP contribution in [0.4, 0.5) is 0 Å². The fourth-order valence-electron chi connectivity index (χ4n) is 4.65. The van der Waals surface area contributed by atoms with Gasteiger partial charge in [0.15, 0.2) is 11.5 Å². The molecular formula is C33H38N2O6. The first kappa shape index (κ1) is 29.6. The van der Waals surface area contributed by atoms with E-state index in [2.05, 4.69) is 18.8 Å². The van der Waals surface area contributed by atoms with E-state index in [9.17, 15) is 14.7 Å². The Labute approximate surface area is 241 Å². The summed E-state index contributed by atoms with van der Waals surface area (Å²) in [6, 6.07) is 15.0. The average molecular weight is 559 g/mol. The molecule has 2 heterocycles. The number of likely N-dealkylation sites (tertiary alicyclic amines) is 1. The minimum Gasteiger partial charge on any atom is -0.507 e. The summed E-state index contributed by atoms with van der Waals surface area (Å²) in [5.74, 6) is 0.570. The Bertz CT molecular complexity index is 1370. The fraction of sp³-hybridized carbons (Fsp3) is 0.364. The van der Waals surface area contributed by atoms with Gasteiger partial charge in [-0.05, 0) is 85.3 Å². The zero-order valence-corrected chi connectivity index (χ0v) is 24.1. The van der Waals surface area contributed by atoms with E-state index in [0.29, 0.717) is 54.1 Å². The van der Waals surface area contributed by atoms with Crippen molar-refractivity contribution in [2.75, 3.05) is 19.8 Å². The van der Waals surface area contributed by atoms with Crippen LogP contribution in [0.25, 0.3) is 5.76 Å². The van der Waals surface area contributed by atoms with Gasteiger partial charge in [-0.3, -0.25) is 14.6 Å². The minimum atomic E-state index is -0.844. The second kappa shape index (κ2) is 13.8. The molecule has 0 spiro atoms. The number of aromatic nitrogens is 1. The molecule has 1 aliphatic heterocycles. The second-order valence-corrected chi connectivity index (χ2v) is 10.3. The van der Waals surface area contributed by atoms with Crippen LogP contribution in [0.5, 0.6) is 17.2 Å². The predicted molar refractivity (Wildman–Crippen MR) is 157 cm³/mol. The van der Waals surface area contributed by atoms with Crippen molar-refractivity contribution in [3.63, 3.8) is 0 Å². The van der Waals surface area contributed by atoms with E-state index >= 15 is 0 Å². The number of nitrogens with zero attached hydrogens (tertiary/aromatic N) is 2. The summed E-state index contributed by atoms with van der Waals surface area (Å²) in [6.45, 7) is 9.85. The Balaban J connectivity index is 1.78. The first-order chi connectivity index (χ1) is 19.8. The highest BCUT2D eigenvalue weighted by Gasteiger charge is 2.46. The topological polar surface area (TPSA) is 98.2 Å². The van der Waals surface area contributed by atoms with E-state index in [-0.39, 0.29) is 17.9 Å². The van der Waals surface area contributed by atoms with Crippen LogP contribution in [-0.4, -0.2) is 46.5 Å². The van der Waals surface area contributed by atoms with E-state index in [1.807, 2.05) is 19.9 Å². The number of benzene rings is 2. The molecule has 1 aromatic heterocycles.